The SMILES string of the molecule is CCCCCCCCCCCCCCCCN(C)c1ccc(C=C2C(=O)N(CC)C(=O)N(CC)C2=O)cc1. The molecule has 0 bridgehead atoms. The number of hydrogen-bond acceptors (Lipinski definition) is 4. The standard InChI is InChI=1S/C32H51N3O3/c1-5-8-9-10-11-12-13-14-15-16-17-18-19-20-25-33(4)28-23-21-27(22-24-28)26-29-30(36)34(6-2)32(38)35(7-3)31(29)37/h21-24,26H,5-20,25H2,1-4H3. The highest BCUT2D eigenvalue weighted by atomic mass is 16.2. The van der Waals surface area contributed by atoms with E-state index >= 15 is 0 Å². The molecular formula is C32H51N3O3. The van der Waals surface area contributed by atoms with Gasteiger partial charge in [-0.15, -0.1) is 0 Å². The van der Waals surface area contributed by atoms with E-state index in [1.165, 1.54) is 89.9 Å². The number of carbonyl (C=O) groups is 3. The van der Waals surface area contributed by atoms with E-state index in [2.05, 4.69) is 18.9 Å². The summed E-state index contributed by atoms with van der Waals surface area (Å²) in [4.78, 5) is 42.3. The molecule has 2 rings (SSSR count). The number of nitrogens with zero attached hydrogens (tertiary/aromatic N) is 3. The first-order valence-corrected chi connectivity index (χ1v) is 15.1. The van der Waals surface area contributed by atoms with Gasteiger partial charge in [0.2, 0.25) is 0 Å². The van der Waals surface area contributed by atoms with Gasteiger partial charge in [-0.1, -0.05) is 103 Å². The Morgan fingerprint density at radius 3 is 1.47 bits per heavy atom. The fourth-order valence-electron chi connectivity index (χ4n) is 5.05. The fourth-order valence-corrected chi connectivity index (χ4v) is 5.05. The molecule has 0 spiro atoms. The lowest BCUT2D eigenvalue weighted by Crippen LogP contribution is -2.56. The van der Waals surface area contributed by atoms with Gasteiger partial charge in [0, 0.05) is 32.4 Å². The Balaban J connectivity index is 1.68. The molecule has 0 N–H and O–H groups in total. The van der Waals surface area contributed by atoms with E-state index in [1.54, 1.807) is 19.9 Å². The molecule has 1 aromatic rings. The Hall–Kier alpha value is -2.63. The number of amides is 4. The molecule has 0 unspecified atom stereocenters. The third kappa shape index (κ3) is 9.92. The molecule has 1 saturated heterocycles. The number of unbranched alkanes of at least 4 members (excludes halogenated alkanes) is 13. The van der Waals surface area contributed by atoms with Crippen LogP contribution in [0.15, 0.2) is 29.8 Å². The van der Waals surface area contributed by atoms with E-state index in [9.17, 15) is 14.4 Å². The van der Waals surface area contributed by atoms with Gasteiger partial charge >= 0.3 is 6.03 Å². The molecule has 212 valence electrons. The minimum atomic E-state index is -0.539. The molecule has 4 amide bonds. The van der Waals surface area contributed by atoms with E-state index in [-0.39, 0.29) is 18.7 Å². The number of anilines is 1. The molecule has 0 aromatic heterocycles. The summed E-state index contributed by atoms with van der Waals surface area (Å²) < 4.78 is 0. The van der Waals surface area contributed by atoms with E-state index in [0.29, 0.717) is 0 Å². The summed E-state index contributed by atoms with van der Waals surface area (Å²) in [6, 6.07) is 7.35. The zero-order chi connectivity index (χ0) is 27.8. The smallest absolute Gasteiger partial charge is 0.333 e. The Bertz CT molecular complexity index is 866. The summed E-state index contributed by atoms with van der Waals surface area (Å²) in [6.45, 7) is 7.23. The zero-order valence-corrected chi connectivity index (χ0v) is 24.5. The summed E-state index contributed by atoms with van der Waals surface area (Å²) in [5.41, 5.74) is 1.93. The number of barbiturate groups is 1. The predicted octanol–water partition coefficient (Wildman–Crippen LogP) is 7.82. The van der Waals surface area contributed by atoms with E-state index in [1.807, 2.05) is 24.3 Å². The first kappa shape index (κ1) is 31.6. The molecule has 0 radical (unpaired) electrons. The monoisotopic (exact) mass is 525 g/mol. The van der Waals surface area contributed by atoms with Crippen molar-refractivity contribution in [1.29, 1.82) is 0 Å². The lowest BCUT2D eigenvalue weighted by molar-refractivity contribution is -0.135. The number of likely N-dealkylation sites (N-methyl/N-ethyl adjacent to an activating group) is 2. The molecule has 1 heterocycles. The summed E-state index contributed by atoms with van der Waals surface area (Å²) >= 11 is 0. The van der Waals surface area contributed by atoms with Crippen LogP contribution in [0, 0.1) is 0 Å². The first-order chi connectivity index (χ1) is 18.4. The Kier molecular flexibility index (Phi) is 14.8. The Morgan fingerprint density at radius 2 is 1.05 bits per heavy atom. The third-order valence-corrected chi connectivity index (χ3v) is 7.54. The maximum atomic E-state index is 12.7. The highest BCUT2D eigenvalue weighted by Crippen LogP contribution is 2.22. The summed E-state index contributed by atoms with van der Waals surface area (Å²) in [7, 11) is 2.10. The lowest BCUT2D eigenvalue weighted by Gasteiger charge is -2.32. The van der Waals surface area contributed by atoms with E-state index < -0.39 is 17.8 Å². The van der Waals surface area contributed by atoms with Gasteiger partial charge in [0.1, 0.15) is 5.57 Å². The van der Waals surface area contributed by atoms with Crippen LogP contribution in [0.25, 0.3) is 6.08 Å². The minimum Gasteiger partial charge on any atom is -0.375 e. The van der Waals surface area contributed by atoms with Gasteiger partial charge in [-0.05, 0) is 44.0 Å². The third-order valence-electron chi connectivity index (χ3n) is 7.54. The van der Waals surface area contributed by atoms with Gasteiger partial charge in [-0.25, -0.2) is 4.79 Å². The average Bonchev–Trinajstić information content (AvgIpc) is 2.92. The van der Waals surface area contributed by atoms with Crippen LogP contribution in [-0.2, 0) is 9.59 Å². The highest BCUT2D eigenvalue weighted by Gasteiger charge is 2.40. The van der Waals surface area contributed by atoms with Crippen LogP contribution in [0.2, 0.25) is 0 Å². The Labute approximate surface area is 231 Å². The average molecular weight is 526 g/mol. The second kappa shape index (κ2) is 17.8. The molecule has 38 heavy (non-hydrogen) atoms. The fraction of sp³-hybridized carbons (Fsp3) is 0.656. The second-order valence-electron chi connectivity index (χ2n) is 10.5. The summed E-state index contributed by atoms with van der Waals surface area (Å²) in [6.07, 6.45) is 20.7. The van der Waals surface area contributed by atoms with Crippen molar-refractivity contribution in [3.05, 3.63) is 35.4 Å². The van der Waals surface area contributed by atoms with Crippen molar-refractivity contribution >= 4 is 29.6 Å². The molecule has 0 aliphatic carbocycles. The van der Waals surface area contributed by atoms with E-state index in [0.717, 1.165) is 27.6 Å². The van der Waals surface area contributed by atoms with Crippen molar-refractivity contribution in [3.63, 3.8) is 0 Å². The van der Waals surface area contributed by atoms with Crippen LogP contribution in [-0.4, -0.2) is 54.3 Å². The Morgan fingerprint density at radius 1 is 0.632 bits per heavy atom. The minimum absolute atomic E-state index is 0.0387. The number of urea groups is 1. The van der Waals surface area contributed by atoms with Crippen molar-refractivity contribution < 1.29 is 14.4 Å². The van der Waals surface area contributed by atoms with Crippen LogP contribution in [0.4, 0.5) is 10.5 Å². The van der Waals surface area contributed by atoms with Crippen LogP contribution >= 0.6 is 0 Å². The molecular weight excluding hydrogens is 474 g/mol. The zero-order valence-electron chi connectivity index (χ0n) is 24.5. The number of benzene rings is 1. The van der Waals surface area contributed by atoms with E-state index in [4.69, 9.17) is 0 Å². The van der Waals surface area contributed by atoms with Crippen LogP contribution in [0.3, 0.4) is 0 Å². The maximum Gasteiger partial charge on any atom is 0.333 e. The summed E-state index contributed by atoms with van der Waals surface area (Å²) in [5.74, 6) is -1.04. The molecule has 6 heteroatoms. The van der Waals surface area contributed by atoms with Crippen molar-refractivity contribution in [3.8, 4) is 0 Å². The number of rotatable bonds is 19. The van der Waals surface area contributed by atoms with Gasteiger partial charge in [0.25, 0.3) is 11.8 Å². The van der Waals surface area contributed by atoms with Crippen LogP contribution in [0.5, 0.6) is 0 Å². The number of carbonyl (C=O) groups excluding carboxylic acids is 3. The quantitative estimate of drug-likeness (QED) is 0.105. The van der Waals surface area contributed by atoms with Crippen molar-refractivity contribution in [2.45, 2.75) is 111 Å². The normalized spacial score (nSPS) is 14.0. The molecule has 1 aromatic carbocycles. The first-order valence-electron chi connectivity index (χ1n) is 15.1. The van der Waals surface area contributed by atoms with Crippen molar-refractivity contribution in [2.75, 3.05) is 31.6 Å². The molecule has 1 aliphatic rings. The second-order valence-corrected chi connectivity index (χ2v) is 10.5. The van der Waals surface area contributed by atoms with Crippen molar-refractivity contribution in [1.82, 2.24) is 9.80 Å². The molecule has 1 aliphatic heterocycles. The van der Waals surface area contributed by atoms with Crippen molar-refractivity contribution in [2.24, 2.45) is 0 Å². The lowest BCUT2D eigenvalue weighted by atomic mass is 10.0. The largest absolute Gasteiger partial charge is 0.375 e. The molecule has 6 nitrogen and oxygen atoms in total. The number of hydrogen-bond donors (Lipinski definition) is 0. The van der Waals surface area contributed by atoms with Gasteiger partial charge in [-0.2, -0.15) is 0 Å². The van der Waals surface area contributed by atoms with Gasteiger partial charge in [0.05, 0.1) is 0 Å². The predicted molar refractivity (Wildman–Crippen MR) is 158 cm³/mol. The van der Waals surface area contributed by atoms with Gasteiger partial charge in [0.15, 0.2) is 0 Å². The van der Waals surface area contributed by atoms with Gasteiger partial charge in [-0.3, -0.25) is 19.4 Å². The molecule has 1 fully saturated rings. The van der Waals surface area contributed by atoms with Crippen LogP contribution in [0.1, 0.15) is 116 Å². The highest BCUT2D eigenvalue weighted by molar-refractivity contribution is 6.30. The topological polar surface area (TPSA) is 60.9 Å². The molecule has 0 atom stereocenters. The van der Waals surface area contributed by atoms with Crippen LogP contribution < -0.4 is 4.90 Å². The summed E-state index contributed by atoms with van der Waals surface area (Å²) in [5, 5.41) is 0. The number of imide groups is 2. The molecule has 0 saturated carbocycles. The van der Waals surface area contributed by atoms with Gasteiger partial charge < -0.3 is 4.90 Å². The maximum absolute atomic E-state index is 12.7.